The van der Waals surface area contributed by atoms with E-state index >= 15 is 0 Å². The van der Waals surface area contributed by atoms with Crippen molar-refractivity contribution >= 4 is 51.0 Å². The number of amides is 1. The summed E-state index contributed by atoms with van der Waals surface area (Å²) in [6.07, 6.45) is 3.20. The van der Waals surface area contributed by atoms with Gasteiger partial charge in [0.25, 0.3) is 0 Å². The van der Waals surface area contributed by atoms with E-state index in [1.807, 2.05) is 45.2 Å². The normalized spacial score (nSPS) is 14.4. The van der Waals surface area contributed by atoms with Crippen molar-refractivity contribution in [1.29, 1.82) is 0 Å². The van der Waals surface area contributed by atoms with Gasteiger partial charge in [0.2, 0.25) is 0 Å². The molecule has 0 saturated carbocycles. The van der Waals surface area contributed by atoms with Crippen LogP contribution in [0.1, 0.15) is 34.6 Å². The van der Waals surface area contributed by atoms with Crippen LogP contribution in [0.25, 0.3) is 32.8 Å². The van der Waals surface area contributed by atoms with E-state index in [0.29, 0.717) is 37.2 Å². The Labute approximate surface area is 228 Å². The smallest absolute Gasteiger partial charge is 0.410 e. The number of nitrogens with zero attached hydrogens (tertiary/aromatic N) is 5. The van der Waals surface area contributed by atoms with E-state index in [-0.39, 0.29) is 6.09 Å². The zero-order valence-corrected chi connectivity index (χ0v) is 23.2. The number of piperazine rings is 1. The van der Waals surface area contributed by atoms with Gasteiger partial charge in [-0.1, -0.05) is 29.8 Å². The fourth-order valence-corrected chi connectivity index (χ4v) is 5.00. The largest absolute Gasteiger partial charge is 0.444 e. The van der Waals surface area contributed by atoms with Crippen LogP contribution < -0.4 is 10.2 Å². The summed E-state index contributed by atoms with van der Waals surface area (Å²) in [5.41, 5.74) is 2.20. The molecule has 1 aliphatic rings. The predicted octanol–water partition coefficient (Wildman–Crippen LogP) is 6.38. The molecule has 4 aromatic rings. The van der Waals surface area contributed by atoms with Crippen molar-refractivity contribution < 1.29 is 9.53 Å². The van der Waals surface area contributed by atoms with Crippen molar-refractivity contribution in [2.24, 2.45) is 0 Å². The average Bonchev–Trinajstić information content (AvgIpc) is 2.86. The van der Waals surface area contributed by atoms with E-state index in [4.69, 9.17) is 16.3 Å². The summed E-state index contributed by atoms with van der Waals surface area (Å²) in [6.45, 7) is 12.2. The Bertz CT molecular complexity index is 1490. The van der Waals surface area contributed by atoms with Crippen LogP contribution in [0.4, 0.5) is 16.4 Å². The van der Waals surface area contributed by atoms with Crippen molar-refractivity contribution in [1.82, 2.24) is 19.9 Å². The number of rotatable bonds is 4. The standard InChI is InChI=1S/C29H33ClN6O2/c1-18(2)34-26-13-19-7-6-8-20(23(19)16-31-26)21-15-25-22(14-24(21)30)27(33-17-32-25)35-9-11-36(12-10-35)28(37)38-29(3,4)5/h6-8,13-18H,9-12H2,1-5H3,(H,31,34). The van der Waals surface area contributed by atoms with Gasteiger partial charge in [0, 0.05) is 59.8 Å². The third-order valence-electron chi connectivity index (χ3n) is 6.43. The number of anilines is 2. The number of carbonyl (C=O) groups excluding carboxylic acids is 1. The van der Waals surface area contributed by atoms with Crippen molar-refractivity contribution in [2.45, 2.75) is 46.3 Å². The van der Waals surface area contributed by atoms with Gasteiger partial charge in [0.1, 0.15) is 23.6 Å². The van der Waals surface area contributed by atoms with E-state index in [2.05, 4.69) is 57.2 Å². The molecule has 8 nitrogen and oxygen atoms in total. The highest BCUT2D eigenvalue weighted by Crippen LogP contribution is 2.38. The first-order valence-corrected chi connectivity index (χ1v) is 13.3. The monoisotopic (exact) mass is 532 g/mol. The van der Waals surface area contributed by atoms with Crippen molar-refractivity contribution in [2.75, 3.05) is 36.4 Å². The van der Waals surface area contributed by atoms with E-state index in [1.54, 1.807) is 11.2 Å². The molecule has 1 N–H and O–H groups in total. The van der Waals surface area contributed by atoms with E-state index in [0.717, 1.165) is 44.4 Å². The topological polar surface area (TPSA) is 83.5 Å². The number of carbonyl (C=O) groups is 1. The predicted molar refractivity (Wildman–Crippen MR) is 154 cm³/mol. The zero-order valence-electron chi connectivity index (χ0n) is 22.5. The lowest BCUT2D eigenvalue weighted by Crippen LogP contribution is -2.50. The SMILES string of the molecule is CC(C)Nc1cc2cccc(-c3cc4ncnc(N5CCN(C(=O)OC(C)(C)C)CC5)c4cc3Cl)c2cn1. The molecule has 9 heteroatoms. The lowest BCUT2D eigenvalue weighted by molar-refractivity contribution is 0.0240. The van der Waals surface area contributed by atoms with Gasteiger partial charge in [-0.15, -0.1) is 0 Å². The lowest BCUT2D eigenvalue weighted by atomic mass is 9.98. The Morgan fingerprint density at radius 2 is 1.76 bits per heavy atom. The molecule has 198 valence electrons. The first-order chi connectivity index (χ1) is 18.1. The Hall–Kier alpha value is -3.65. The highest BCUT2D eigenvalue weighted by atomic mass is 35.5. The van der Waals surface area contributed by atoms with E-state index in [9.17, 15) is 4.79 Å². The van der Waals surface area contributed by atoms with Gasteiger partial charge in [-0.05, 0) is 63.8 Å². The van der Waals surface area contributed by atoms with Crippen LogP contribution in [0.3, 0.4) is 0 Å². The number of hydrogen-bond acceptors (Lipinski definition) is 7. The molecule has 38 heavy (non-hydrogen) atoms. The number of ether oxygens (including phenoxy) is 1. The second-order valence-corrected chi connectivity index (χ2v) is 11.3. The van der Waals surface area contributed by atoms with E-state index in [1.165, 1.54) is 0 Å². The molecule has 1 aliphatic heterocycles. The average molecular weight is 533 g/mol. The second kappa shape index (κ2) is 10.3. The zero-order chi connectivity index (χ0) is 27.0. The molecular weight excluding hydrogens is 500 g/mol. The Morgan fingerprint density at radius 1 is 1.00 bits per heavy atom. The summed E-state index contributed by atoms with van der Waals surface area (Å²) in [5.74, 6) is 1.66. The number of pyridine rings is 1. The molecule has 1 fully saturated rings. The van der Waals surface area contributed by atoms with Gasteiger partial charge in [-0.3, -0.25) is 0 Å². The summed E-state index contributed by atoms with van der Waals surface area (Å²) in [5, 5.41) is 6.98. The molecule has 1 amide bonds. The molecule has 0 atom stereocenters. The maximum absolute atomic E-state index is 12.5. The van der Waals surface area contributed by atoms with Crippen molar-refractivity contribution in [3.05, 3.63) is 53.9 Å². The fraction of sp³-hybridized carbons (Fsp3) is 0.379. The molecule has 0 bridgehead atoms. The highest BCUT2D eigenvalue weighted by Gasteiger charge is 2.27. The fourth-order valence-electron chi connectivity index (χ4n) is 4.73. The molecule has 2 aromatic heterocycles. The maximum atomic E-state index is 12.5. The molecular formula is C29H33ClN6O2. The number of fused-ring (bicyclic) bond motifs is 2. The van der Waals surface area contributed by atoms with Gasteiger partial charge in [0.15, 0.2) is 0 Å². The van der Waals surface area contributed by atoms with Crippen LogP contribution in [0.5, 0.6) is 0 Å². The summed E-state index contributed by atoms with van der Waals surface area (Å²) < 4.78 is 5.53. The minimum Gasteiger partial charge on any atom is -0.444 e. The molecule has 0 aliphatic carbocycles. The van der Waals surface area contributed by atoms with Gasteiger partial charge < -0.3 is 19.9 Å². The minimum atomic E-state index is -0.515. The third-order valence-corrected chi connectivity index (χ3v) is 6.74. The Balaban J connectivity index is 1.44. The van der Waals surface area contributed by atoms with Gasteiger partial charge in [-0.25, -0.2) is 19.7 Å². The summed E-state index contributed by atoms with van der Waals surface area (Å²) in [4.78, 5) is 30.2. The Kier molecular flexibility index (Phi) is 7.01. The Morgan fingerprint density at radius 3 is 2.47 bits per heavy atom. The van der Waals surface area contributed by atoms with Crippen LogP contribution in [-0.2, 0) is 4.74 Å². The lowest BCUT2D eigenvalue weighted by Gasteiger charge is -2.36. The summed E-state index contributed by atoms with van der Waals surface area (Å²) >= 11 is 6.90. The first kappa shape index (κ1) is 26.0. The highest BCUT2D eigenvalue weighted by molar-refractivity contribution is 6.34. The molecule has 0 unspecified atom stereocenters. The van der Waals surface area contributed by atoms with Crippen LogP contribution in [0, 0.1) is 0 Å². The number of nitrogens with one attached hydrogen (secondary N) is 1. The molecule has 5 rings (SSSR count). The van der Waals surface area contributed by atoms with Crippen LogP contribution >= 0.6 is 11.6 Å². The minimum absolute atomic E-state index is 0.283. The van der Waals surface area contributed by atoms with Gasteiger partial charge in [-0.2, -0.15) is 0 Å². The van der Waals surface area contributed by atoms with Crippen molar-refractivity contribution in [3.8, 4) is 11.1 Å². The number of aromatic nitrogens is 3. The first-order valence-electron chi connectivity index (χ1n) is 12.9. The number of halogens is 1. The molecule has 1 saturated heterocycles. The summed E-state index contributed by atoms with van der Waals surface area (Å²) in [6, 6.07) is 12.5. The van der Waals surface area contributed by atoms with Crippen molar-refractivity contribution in [3.63, 3.8) is 0 Å². The second-order valence-electron chi connectivity index (χ2n) is 10.9. The number of benzene rings is 2. The maximum Gasteiger partial charge on any atom is 0.410 e. The van der Waals surface area contributed by atoms with Gasteiger partial charge >= 0.3 is 6.09 Å². The van der Waals surface area contributed by atoms with Crippen LogP contribution in [-0.4, -0.2) is 63.8 Å². The molecule has 2 aromatic carbocycles. The summed E-state index contributed by atoms with van der Waals surface area (Å²) in [7, 11) is 0. The number of hydrogen-bond donors (Lipinski definition) is 1. The van der Waals surface area contributed by atoms with Crippen LogP contribution in [0.2, 0.25) is 5.02 Å². The van der Waals surface area contributed by atoms with Gasteiger partial charge in [0.05, 0.1) is 5.52 Å². The van der Waals surface area contributed by atoms with E-state index < -0.39 is 5.60 Å². The quantitative estimate of drug-likeness (QED) is 0.326. The third kappa shape index (κ3) is 5.45. The molecule has 0 radical (unpaired) electrons. The van der Waals surface area contributed by atoms with Crippen LogP contribution in [0.15, 0.2) is 48.9 Å². The molecule has 3 heterocycles. The molecule has 0 spiro atoms.